The molecule has 6 nitrogen and oxygen atoms in total. The summed E-state index contributed by atoms with van der Waals surface area (Å²) in [6.07, 6.45) is 0.812. The first kappa shape index (κ1) is 22.3. The topological polar surface area (TPSA) is 72.3 Å². The van der Waals surface area contributed by atoms with Crippen molar-refractivity contribution in [3.63, 3.8) is 0 Å². The van der Waals surface area contributed by atoms with E-state index in [1.54, 1.807) is 47.0 Å². The highest BCUT2D eigenvalue weighted by Gasteiger charge is 2.34. The van der Waals surface area contributed by atoms with Crippen molar-refractivity contribution in [1.29, 1.82) is 0 Å². The quantitative estimate of drug-likeness (QED) is 0.342. The van der Waals surface area contributed by atoms with E-state index in [-0.39, 0.29) is 24.3 Å². The van der Waals surface area contributed by atoms with Gasteiger partial charge in [0.05, 0.1) is 32.2 Å². The number of fused-ring (bicyclic) bond motifs is 2. The lowest BCUT2D eigenvalue weighted by Gasteiger charge is -2.14. The molecule has 34 heavy (non-hydrogen) atoms. The number of aromatic nitrogens is 2. The molecule has 0 saturated heterocycles. The molecule has 0 aliphatic carbocycles. The number of aryl methyl sites for hydroxylation is 2. The zero-order valence-corrected chi connectivity index (χ0v) is 19.7. The van der Waals surface area contributed by atoms with Gasteiger partial charge in [-0.1, -0.05) is 53.5 Å². The van der Waals surface area contributed by atoms with E-state index >= 15 is 0 Å². The molecule has 1 aliphatic rings. The molecule has 0 unspecified atom stereocenters. The number of halogens is 2. The van der Waals surface area contributed by atoms with Gasteiger partial charge in [0.2, 0.25) is 0 Å². The van der Waals surface area contributed by atoms with Crippen molar-refractivity contribution in [2.45, 2.75) is 19.8 Å². The van der Waals surface area contributed by atoms with Crippen molar-refractivity contribution in [2.75, 3.05) is 6.54 Å². The summed E-state index contributed by atoms with van der Waals surface area (Å²) in [4.78, 5) is 44.8. The van der Waals surface area contributed by atoms with Crippen LogP contribution in [0.3, 0.4) is 0 Å². The molecule has 2 heterocycles. The minimum Gasteiger partial charge on any atom is -0.274 e. The molecule has 0 bridgehead atoms. The Labute approximate surface area is 205 Å². The Morgan fingerprint density at radius 2 is 1.53 bits per heavy atom. The minimum absolute atomic E-state index is 0.218. The Morgan fingerprint density at radius 1 is 0.912 bits per heavy atom. The van der Waals surface area contributed by atoms with E-state index in [9.17, 15) is 14.4 Å². The maximum Gasteiger partial charge on any atom is 0.264 e. The monoisotopic (exact) mass is 491 g/mol. The van der Waals surface area contributed by atoms with E-state index < -0.39 is 0 Å². The van der Waals surface area contributed by atoms with Gasteiger partial charge in [-0.15, -0.1) is 0 Å². The van der Waals surface area contributed by atoms with Crippen molar-refractivity contribution in [3.8, 4) is 0 Å². The van der Waals surface area contributed by atoms with Gasteiger partial charge in [-0.05, 0) is 49.2 Å². The summed E-state index contributed by atoms with van der Waals surface area (Å²) in [5.41, 5.74) is 3.32. The fraction of sp³-hybridized carbons (Fsp3) is 0.154. The van der Waals surface area contributed by atoms with Gasteiger partial charge in [0.1, 0.15) is 5.82 Å². The number of imide groups is 1. The van der Waals surface area contributed by atoms with E-state index in [1.165, 1.54) is 4.90 Å². The summed E-state index contributed by atoms with van der Waals surface area (Å²) in [5, 5.41) is 0.671. The van der Waals surface area contributed by atoms with Crippen LogP contribution in [0.2, 0.25) is 10.0 Å². The molecule has 2 amide bonds. The zero-order valence-electron chi connectivity index (χ0n) is 18.2. The maximum atomic E-state index is 13.6. The lowest BCUT2D eigenvalue weighted by Crippen LogP contribution is -2.31. The number of nitrogens with zero attached hydrogens (tertiary/aromatic N) is 3. The first-order valence-corrected chi connectivity index (χ1v) is 11.5. The molecule has 4 aromatic rings. The van der Waals surface area contributed by atoms with Gasteiger partial charge in [-0.2, -0.15) is 0 Å². The molecule has 0 spiro atoms. The van der Waals surface area contributed by atoms with Crippen LogP contribution in [0.25, 0.3) is 11.0 Å². The van der Waals surface area contributed by atoms with Crippen molar-refractivity contribution in [3.05, 3.63) is 98.8 Å². The number of amides is 2. The Hall–Kier alpha value is -3.48. The Bertz CT molecular complexity index is 1460. The second-order valence-electron chi connectivity index (χ2n) is 8.15. The highest BCUT2D eigenvalue weighted by molar-refractivity contribution is 6.42. The molecular weight excluding hydrogens is 473 g/mol. The van der Waals surface area contributed by atoms with Gasteiger partial charge in [0.15, 0.2) is 0 Å². The highest BCUT2D eigenvalue weighted by Crippen LogP contribution is 2.30. The van der Waals surface area contributed by atoms with Crippen LogP contribution in [-0.2, 0) is 6.42 Å². The first-order valence-electron chi connectivity index (χ1n) is 10.8. The second kappa shape index (κ2) is 8.70. The largest absolute Gasteiger partial charge is 0.274 e. The van der Waals surface area contributed by atoms with Crippen molar-refractivity contribution >= 4 is 52.0 Å². The predicted molar refractivity (Wildman–Crippen MR) is 131 cm³/mol. The third-order valence-corrected chi connectivity index (χ3v) is 6.73. The molecule has 170 valence electrons. The summed E-state index contributed by atoms with van der Waals surface area (Å²) in [5.74, 6) is -0.319. The lowest BCUT2D eigenvalue weighted by molar-refractivity contribution is 0.0651. The molecule has 3 aromatic carbocycles. The Morgan fingerprint density at radius 3 is 2.21 bits per heavy atom. The number of benzene rings is 3. The summed E-state index contributed by atoms with van der Waals surface area (Å²) < 4.78 is 1.54. The molecule has 0 atom stereocenters. The normalized spacial score (nSPS) is 13.1. The molecule has 8 heteroatoms. The number of carbonyl (C=O) groups excluding carboxylic acids is 3. The van der Waals surface area contributed by atoms with Crippen LogP contribution < -0.4 is 0 Å². The number of imidazole rings is 1. The van der Waals surface area contributed by atoms with Gasteiger partial charge in [-0.3, -0.25) is 23.9 Å². The number of rotatable bonds is 5. The minimum atomic E-state index is -0.302. The standard InChI is InChI=1S/C26H19Cl2N3O3/c1-15-7-2-3-8-16(15)26(34)31-22-14-20(28)19(27)13-21(22)29-23(31)11-6-12-30-24(32)17-9-4-5-10-18(17)25(30)33/h2-5,7-10,13-14H,6,11-12H2,1H3. The van der Waals surface area contributed by atoms with Crippen LogP contribution in [0.1, 0.15) is 48.9 Å². The maximum absolute atomic E-state index is 13.6. The van der Waals surface area contributed by atoms with E-state index in [0.717, 1.165) is 5.56 Å². The molecule has 0 radical (unpaired) electrons. The summed E-state index contributed by atoms with van der Waals surface area (Å²) in [6.45, 7) is 2.09. The van der Waals surface area contributed by atoms with Gasteiger partial charge in [0, 0.05) is 18.5 Å². The molecule has 1 aliphatic heterocycles. The van der Waals surface area contributed by atoms with E-state index in [2.05, 4.69) is 4.98 Å². The SMILES string of the molecule is Cc1ccccc1C(=O)n1c(CCCN2C(=O)c3ccccc3C2=O)nc2cc(Cl)c(Cl)cc21. The van der Waals surface area contributed by atoms with Crippen LogP contribution in [0.15, 0.2) is 60.7 Å². The van der Waals surface area contributed by atoms with Crippen LogP contribution in [0.5, 0.6) is 0 Å². The van der Waals surface area contributed by atoms with Crippen LogP contribution in [0, 0.1) is 6.92 Å². The van der Waals surface area contributed by atoms with Crippen molar-refractivity contribution in [1.82, 2.24) is 14.5 Å². The molecule has 1 aromatic heterocycles. The highest BCUT2D eigenvalue weighted by atomic mass is 35.5. The smallest absolute Gasteiger partial charge is 0.264 e. The Balaban J connectivity index is 1.46. The molecule has 0 N–H and O–H groups in total. The van der Waals surface area contributed by atoms with Crippen molar-refractivity contribution in [2.24, 2.45) is 0 Å². The van der Waals surface area contributed by atoms with E-state index in [4.69, 9.17) is 23.2 Å². The fourth-order valence-corrected chi connectivity index (χ4v) is 4.60. The fourth-order valence-electron chi connectivity index (χ4n) is 4.29. The first-order chi connectivity index (χ1) is 16.4. The number of carbonyl (C=O) groups is 3. The third kappa shape index (κ3) is 3.69. The van der Waals surface area contributed by atoms with Gasteiger partial charge >= 0.3 is 0 Å². The summed E-state index contributed by atoms with van der Waals surface area (Å²) >= 11 is 12.4. The van der Waals surface area contributed by atoms with E-state index in [0.29, 0.717) is 56.4 Å². The van der Waals surface area contributed by atoms with Crippen LogP contribution in [-0.4, -0.2) is 38.7 Å². The van der Waals surface area contributed by atoms with Crippen LogP contribution >= 0.6 is 23.2 Å². The van der Waals surface area contributed by atoms with Gasteiger partial charge in [0.25, 0.3) is 17.7 Å². The molecule has 0 fully saturated rings. The summed E-state index contributed by atoms with van der Waals surface area (Å²) in [7, 11) is 0. The molecular formula is C26H19Cl2N3O3. The average molecular weight is 492 g/mol. The number of hydrogen-bond acceptors (Lipinski definition) is 4. The van der Waals surface area contributed by atoms with Crippen molar-refractivity contribution < 1.29 is 14.4 Å². The number of hydrogen-bond donors (Lipinski definition) is 0. The second-order valence-corrected chi connectivity index (χ2v) is 8.96. The van der Waals surface area contributed by atoms with E-state index in [1.807, 2.05) is 25.1 Å². The van der Waals surface area contributed by atoms with Gasteiger partial charge in [-0.25, -0.2) is 4.98 Å². The average Bonchev–Trinajstić information content (AvgIpc) is 3.29. The molecule has 0 saturated carbocycles. The van der Waals surface area contributed by atoms with Crippen LogP contribution in [0.4, 0.5) is 0 Å². The zero-order chi connectivity index (χ0) is 24.0. The predicted octanol–water partition coefficient (Wildman–Crippen LogP) is 5.57. The Kier molecular flexibility index (Phi) is 5.71. The lowest BCUT2D eigenvalue weighted by atomic mass is 10.1. The molecule has 5 rings (SSSR count). The van der Waals surface area contributed by atoms with Gasteiger partial charge < -0.3 is 0 Å². The summed E-state index contributed by atoms with van der Waals surface area (Å²) in [6, 6.07) is 17.4. The third-order valence-electron chi connectivity index (χ3n) is 6.00.